The van der Waals surface area contributed by atoms with Gasteiger partial charge in [0, 0.05) is 17.6 Å². The molecule has 3 fully saturated rings. The molecule has 0 bridgehead atoms. The molecule has 3 aliphatic rings. The number of rotatable bonds is 5. The molecule has 9 nitrogen and oxygen atoms in total. The molecule has 2 aromatic carbocycles. The lowest BCUT2D eigenvalue weighted by Gasteiger charge is -2.37. The van der Waals surface area contributed by atoms with Crippen molar-refractivity contribution >= 4 is 10.0 Å². The highest BCUT2D eigenvalue weighted by Gasteiger charge is 2.41. The van der Waals surface area contributed by atoms with E-state index < -0.39 is 32.8 Å². The van der Waals surface area contributed by atoms with Crippen LogP contribution in [-0.4, -0.2) is 38.5 Å². The van der Waals surface area contributed by atoms with Crippen LogP contribution in [0.3, 0.4) is 0 Å². The Morgan fingerprint density at radius 1 is 0.919 bits per heavy atom. The number of nitrogens with one attached hydrogen (secondary N) is 4. The topological polar surface area (TPSA) is 138 Å². The molecule has 2 aliphatic heterocycles. The van der Waals surface area contributed by atoms with Crippen LogP contribution in [0.1, 0.15) is 60.9 Å². The first-order valence-corrected chi connectivity index (χ1v) is 14.0. The first-order valence-electron chi connectivity index (χ1n) is 12.4. The molecule has 5 rings (SSSR count). The van der Waals surface area contributed by atoms with Crippen molar-refractivity contribution in [2.24, 2.45) is 10.9 Å². The van der Waals surface area contributed by atoms with Crippen molar-refractivity contribution < 1.29 is 21.6 Å². The minimum Gasteiger partial charge on any atom is -0.326 e. The maximum atomic E-state index is 13.8. The quantitative estimate of drug-likeness (QED) is 0.340. The summed E-state index contributed by atoms with van der Waals surface area (Å²) in [6.45, 7) is 1.98. The molecule has 2 heterocycles. The van der Waals surface area contributed by atoms with Gasteiger partial charge in [-0.2, -0.15) is 24.2 Å². The van der Waals surface area contributed by atoms with Gasteiger partial charge in [-0.15, -0.1) is 0 Å². The summed E-state index contributed by atoms with van der Waals surface area (Å²) in [5.41, 5.74) is 17.4. The monoisotopic (exact) mass is 539 g/mol. The van der Waals surface area contributed by atoms with Crippen LogP contribution in [0.5, 0.6) is 0 Å². The Bertz CT molecular complexity index is 1230. The maximum absolute atomic E-state index is 13.8. The molecule has 37 heavy (non-hydrogen) atoms. The van der Waals surface area contributed by atoms with Crippen LogP contribution in [0.15, 0.2) is 41.3 Å². The molecule has 2 aromatic rings. The summed E-state index contributed by atoms with van der Waals surface area (Å²) in [4.78, 5) is 1.55. The minimum absolute atomic E-state index is 0.121. The van der Waals surface area contributed by atoms with E-state index in [2.05, 4.69) is 26.8 Å². The van der Waals surface area contributed by atoms with E-state index in [0.29, 0.717) is 23.1 Å². The molecular formula is C24H32F3N7O2S. The Morgan fingerprint density at radius 3 is 2.11 bits per heavy atom. The van der Waals surface area contributed by atoms with Crippen molar-refractivity contribution in [1.29, 1.82) is 0 Å². The van der Waals surface area contributed by atoms with E-state index in [-0.39, 0.29) is 11.6 Å². The highest BCUT2D eigenvalue weighted by Crippen LogP contribution is 2.42. The smallest absolute Gasteiger partial charge is 0.326 e. The number of hydrogen-bond donors (Lipinski definition) is 6. The third kappa shape index (κ3) is 5.40. The highest BCUT2D eigenvalue weighted by molar-refractivity contribution is 7.89. The van der Waals surface area contributed by atoms with Crippen LogP contribution in [0.4, 0.5) is 13.2 Å². The number of alkyl halides is 3. The van der Waals surface area contributed by atoms with Gasteiger partial charge < -0.3 is 5.73 Å². The number of likely N-dealkylation sites (tertiary alicyclic amines) is 1. The molecule has 0 amide bonds. The van der Waals surface area contributed by atoms with Crippen LogP contribution < -0.4 is 32.8 Å². The second kappa shape index (κ2) is 10.2. The summed E-state index contributed by atoms with van der Waals surface area (Å²) in [6, 6.07) is 10.4. The molecule has 202 valence electrons. The van der Waals surface area contributed by atoms with Gasteiger partial charge in [0.25, 0.3) is 0 Å². The first-order chi connectivity index (χ1) is 17.5. The summed E-state index contributed by atoms with van der Waals surface area (Å²) < 4.78 is 66.2. The number of piperidine rings is 1. The Hall–Kier alpha value is -2.10. The van der Waals surface area contributed by atoms with Gasteiger partial charge in [0.1, 0.15) is 11.1 Å². The summed E-state index contributed by atoms with van der Waals surface area (Å²) >= 11 is 0. The van der Waals surface area contributed by atoms with Gasteiger partial charge in [-0.1, -0.05) is 36.8 Å². The van der Waals surface area contributed by atoms with Crippen LogP contribution in [0.25, 0.3) is 11.1 Å². The van der Waals surface area contributed by atoms with Gasteiger partial charge in [-0.3, -0.25) is 4.90 Å². The fraction of sp³-hybridized carbons (Fsp3) is 0.500. The van der Waals surface area contributed by atoms with Crippen LogP contribution >= 0.6 is 0 Å². The number of sulfonamides is 1. The molecule has 13 heteroatoms. The van der Waals surface area contributed by atoms with Gasteiger partial charge in [0.15, 0.2) is 0 Å². The molecule has 0 spiro atoms. The molecular weight excluding hydrogens is 507 g/mol. The zero-order valence-electron chi connectivity index (χ0n) is 20.2. The Morgan fingerprint density at radius 2 is 1.57 bits per heavy atom. The van der Waals surface area contributed by atoms with E-state index in [1.165, 1.54) is 12.5 Å². The molecule has 0 radical (unpaired) electrons. The lowest BCUT2D eigenvalue weighted by atomic mass is 9.87. The standard InChI is InChI=1S/C24H32F3N7O2S/c25-24(26,27)18-9-8-17(21(22(18)37(29,35)36)23-30-32-33-31-23)16-6-4-14(5-7-16)15-10-12-34(13-11-15)20-3-1-2-19(20)28/h4-9,15,19-20,23,30-33H,1-3,10-13,28H2,(H2,29,35,36). The van der Waals surface area contributed by atoms with E-state index >= 15 is 0 Å². The van der Waals surface area contributed by atoms with E-state index in [9.17, 15) is 21.6 Å². The minimum atomic E-state index is -4.91. The van der Waals surface area contributed by atoms with E-state index in [1.54, 1.807) is 0 Å². The third-order valence-electron chi connectivity index (χ3n) is 7.79. The van der Waals surface area contributed by atoms with E-state index in [0.717, 1.165) is 50.4 Å². The molecule has 2 atom stereocenters. The van der Waals surface area contributed by atoms with E-state index in [1.807, 2.05) is 24.3 Å². The van der Waals surface area contributed by atoms with Crippen molar-refractivity contribution in [3.05, 3.63) is 53.1 Å². The zero-order valence-corrected chi connectivity index (χ0v) is 21.0. The number of hydrogen-bond acceptors (Lipinski definition) is 8. The molecule has 1 saturated carbocycles. The SMILES string of the molecule is NC1CCCC1N1CCC(c2ccc(-c3ccc(C(F)(F)F)c(S(N)(=O)=O)c3C3NNNN3)cc2)CC1. The molecule has 8 N–H and O–H groups in total. The van der Waals surface area contributed by atoms with Crippen LogP contribution in [-0.2, 0) is 16.2 Å². The highest BCUT2D eigenvalue weighted by atomic mass is 32.2. The number of halogens is 3. The second-order valence-corrected chi connectivity index (χ2v) is 11.5. The lowest BCUT2D eigenvalue weighted by Crippen LogP contribution is -2.47. The van der Waals surface area contributed by atoms with Crippen molar-refractivity contribution in [3.8, 4) is 11.1 Å². The normalized spacial score (nSPS) is 24.7. The summed E-state index contributed by atoms with van der Waals surface area (Å²) in [7, 11) is -4.73. The Kier molecular flexibility index (Phi) is 7.33. The zero-order chi connectivity index (χ0) is 26.4. The summed E-state index contributed by atoms with van der Waals surface area (Å²) in [6.07, 6.45) is -0.444. The van der Waals surface area contributed by atoms with Crippen molar-refractivity contribution in [3.63, 3.8) is 0 Å². The number of primary sulfonamides is 1. The molecule has 0 aromatic heterocycles. The molecule has 2 saturated heterocycles. The van der Waals surface area contributed by atoms with E-state index in [4.69, 9.17) is 10.9 Å². The largest absolute Gasteiger partial charge is 0.417 e. The van der Waals surface area contributed by atoms with Gasteiger partial charge in [-0.05, 0) is 67.4 Å². The number of benzene rings is 2. The van der Waals surface area contributed by atoms with Crippen molar-refractivity contribution in [2.45, 2.75) is 67.3 Å². The summed E-state index contributed by atoms with van der Waals surface area (Å²) in [5, 5.41) is 5.32. The van der Waals surface area contributed by atoms with Gasteiger partial charge in [-0.25, -0.2) is 24.4 Å². The van der Waals surface area contributed by atoms with Gasteiger partial charge in [0.2, 0.25) is 10.0 Å². The molecule has 1 aliphatic carbocycles. The first kappa shape index (κ1) is 26.5. The fourth-order valence-corrected chi connectivity index (χ4v) is 7.01. The predicted octanol–water partition coefficient (Wildman–Crippen LogP) is 2.19. The average Bonchev–Trinajstić information content (AvgIpc) is 3.54. The number of nitrogens with two attached hydrogens (primary N) is 2. The number of nitrogens with zero attached hydrogens (tertiary/aromatic N) is 1. The average molecular weight is 540 g/mol. The van der Waals surface area contributed by atoms with Gasteiger partial charge >= 0.3 is 6.18 Å². The Balaban J connectivity index is 1.44. The van der Waals surface area contributed by atoms with Crippen LogP contribution in [0.2, 0.25) is 0 Å². The van der Waals surface area contributed by atoms with Gasteiger partial charge in [0.05, 0.1) is 5.56 Å². The summed E-state index contributed by atoms with van der Waals surface area (Å²) in [5.74, 6) is 0.376. The number of hydrazine groups is 3. The Labute approximate surface area is 214 Å². The second-order valence-electron chi connectivity index (χ2n) is 10.0. The van der Waals surface area contributed by atoms with Crippen molar-refractivity contribution in [2.75, 3.05) is 13.1 Å². The third-order valence-corrected chi connectivity index (χ3v) is 8.80. The maximum Gasteiger partial charge on any atom is 0.417 e. The predicted molar refractivity (Wildman–Crippen MR) is 133 cm³/mol. The van der Waals surface area contributed by atoms with Crippen molar-refractivity contribution in [1.82, 2.24) is 26.8 Å². The lowest BCUT2D eigenvalue weighted by molar-refractivity contribution is -0.140. The fourth-order valence-electron chi connectivity index (χ4n) is 5.99. The molecule has 2 unspecified atom stereocenters. The van der Waals surface area contributed by atoms with Crippen LogP contribution in [0, 0.1) is 0 Å².